The van der Waals surface area contributed by atoms with Crippen molar-refractivity contribution in [2.45, 2.75) is 31.7 Å². The van der Waals surface area contributed by atoms with Crippen molar-refractivity contribution in [3.8, 4) is 0 Å². The van der Waals surface area contributed by atoms with E-state index >= 15 is 0 Å². The van der Waals surface area contributed by atoms with E-state index in [-0.39, 0.29) is 0 Å². The number of thiocarbonyl (C=S) groups is 1. The lowest BCUT2D eigenvalue weighted by Gasteiger charge is -2.24. The van der Waals surface area contributed by atoms with Gasteiger partial charge in [-0.05, 0) is 37.5 Å². The Morgan fingerprint density at radius 3 is 2.67 bits per heavy atom. The van der Waals surface area contributed by atoms with Crippen molar-refractivity contribution >= 4 is 17.4 Å². The molecule has 3 heteroatoms. The number of benzene rings is 1. The molecule has 1 N–H and O–H groups in total. The second-order valence-corrected chi connectivity index (χ2v) is 4.82. The van der Waals surface area contributed by atoms with Crippen LogP contribution in [0, 0.1) is 0 Å². The van der Waals surface area contributed by atoms with Crippen molar-refractivity contribution in [1.82, 2.24) is 5.32 Å². The van der Waals surface area contributed by atoms with Crippen LogP contribution >= 0.6 is 12.2 Å². The maximum absolute atomic E-state index is 5.24. The standard InChI is InChI=1S/C15H19NOS/c1-2-17-15(18)16-14-10-8-13(9-11-14)12-6-4-3-5-7-12/h3-8,10,13-14H,2,9,11H2,1H3,(H,16,18)/t13-,14?/m1/s1. The fourth-order valence-electron chi connectivity index (χ4n) is 2.24. The van der Waals surface area contributed by atoms with Gasteiger partial charge in [0, 0.05) is 12.0 Å². The van der Waals surface area contributed by atoms with Gasteiger partial charge in [-0.15, -0.1) is 0 Å². The van der Waals surface area contributed by atoms with Gasteiger partial charge in [0.25, 0.3) is 5.17 Å². The Balaban J connectivity index is 1.90. The third-order valence-corrected chi connectivity index (χ3v) is 3.41. The normalized spacial score (nSPS) is 22.5. The zero-order valence-electron chi connectivity index (χ0n) is 10.6. The number of allylic oxidation sites excluding steroid dienone is 1. The fraction of sp³-hybridized carbons (Fsp3) is 0.400. The molecule has 1 unspecified atom stereocenters. The number of hydrogen-bond acceptors (Lipinski definition) is 2. The number of rotatable bonds is 3. The van der Waals surface area contributed by atoms with Crippen LogP contribution in [0.1, 0.15) is 31.2 Å². The van der Waals surface area contributed by atoms with Crippen LogP contribution in [0.3, 0.4) is 0 Å². The molecule has 0 fully saturated rings. The third kappa shape index (κ3) is 3.57. The van der Waals surface area contributed by atoms with Gasteiger partial charge < -0.3 is 10.1 Å². The fourth-order valence-corrected chi connectivity index (χ4v) is 2.51. The molecular weight excluding hydrogens is 242 g/mol. The van der Waals surface area contributed by atoms with E-state index in [1.54, 1.807) is 0 Å². The molecule has 1 aliphatic carbocycles. The summed E-state index contributed by atoms with van der Waals surface area (Å²) in [4.78, 5) is 0. The molecule has 0 radical (unpaired) electrons. The van der Waals surface area contributed by atoms with Crippen LogP contribution in [0.15, 0.2) is 42.5 Å². The van der Waals surface area contributed by atoms with E-state index in [1.165, 1.54) is 5.56 Å². The summed E-state index contributed by atoms with van der Waals surface area (Å²) in [5.74, 6) is 0.532. The number of ether oxygens (including phenoxy) is 1. The molecule has 2 rings (SSSR count). The van der Waals surface area contributed by atoms with Crippen molar-refractivity contribution in [2.75, 3.05) is 6.61 Å². The lowest BCUT2D eigenvalue weighted by atomic mass is 9.87. The summed E-state index contributed by atoms with van der Waals surface area (Å²) in [7, 11) is 0. The van der Waals surface area contributed by atoms with Crippen LogP contribution in [0.2, 0.25) is 0 Å². The first-order chi connectivity index (χ1) is 8.79. The van der Waals surface area contributed by atoms with Crippen molar-refractivity contribution in [2.24, 2.45) is 0 Å². The van der Waals surface area contributed by atoms with Crippen LogP contribution < -0.4 is 5.32 Å². The van der Waals surface area contributed by atoms with Crippen molar-refractivity contribution < 1.29 is 4.74 Å². The third-order valence-electron chi connectivity index (χ3n) is 3.17. The Morgan fingerprint density at radius 2 is 2.06 bits per heavy atom. The summed E-state index contributed by atoms with van der Waals surface area (Å²) in [5, 5.41) is 3.72. The molecule has 0 bridgehead atoms. The molecule has 1 aliphatic rings. The van der Waals surface area contributed by atoms with E-state index in [0.717, 1.165) is 12.8 Å². The van der Waals surface area contributed by atoms with E-state index in [2.05, 4.69) is 47.8 Å². The molecule has 1 aromatic carbocycles. The van der Waals surface area contributed by atoms with Gasteiger partial charge in [0.05, 0.1) is 6.61 Å². The molecule has 2 nitrogen and oxygen atoms in total. The lowest BCUT2D eigenvalue weighted by molar-refractivity contribution is 0.315. The highest BCUT2D eigenvalue weighted by atomic mass is 32.1. The Labute approximate surface area is 114 Å². The molecule has 2 atom stereocenters. The van der Waals surface area contributed by atoms with Crippen LogP contribution in [0.25, 0.3) is 0 Å². The SMILES string of the molecule is CCOC(=S)NC1C=C[C@@H](c2ccccc2)CC1. The Kier molecular flexibility index (Phi) is 4.76. The van der Waals surface area contributed by atoms with Gasteiger partial charge in [0.15, 0.2) is 0 Å². The molecule has 0 heterocycles. The highest BCUT2D eigenvalue weighted by Gasteiger charge is 2.17. The second kappa shape index (κ2) is 6.55. The van der Waals surface area contributed by atoms with E-state index in [1.807, 2.05) is 6.92 Å². The first-order valence-corrected chi connectivity index (χ1v) is 6.87. The summed E-state index contributed by atoms with van der Waals surface area (Å²) in [6.07, 6.45) is 6.70. The molecule has 96 valence electrons. The van der Waals surface area contributed by atoms with Crippen LogP contribution in [0.5, 0.6) is 0 Å². The van der Waals surface area contributed by atoms with Crippen LogP contribution in [0.4, 0.5) is 0 Å². The predicted octanol–water partition coefficient (Wildman–Crippen LogP) is 3.40. The summed E-state index contributed by atoms with van der Waals surface area (Å²) >= 11 is 5.09. The summed E-state index contributed by atoms with van der Waals surface area (Å²) in [5.41, 5.74) is 1.39. The van der Waals surface area contributed by atoms with Gasteiger partial charge in [0.1, 0.15) is 0 Å². The van der Waals surface area contributed by atoms with Crippen molar-refractivity contribution in [3.63, 3.8) is 0 Å². The van der Waals surface area contributed by atoms with Gasteiger partial charge in [-0.3, -0.25) is 0 Å². The van der Waals surface area contributed by atoms with E-state index in [4.69, 9.17) is 17.0 Å². The van der Waals surface area contributed by atoms with E-state index < -0.39 is 0 Å². The Morgan fingerprint density at radius 1 is 1.28 bits per heavy atom. The minimum atomic E-state index is 0.309. The first-order valence-electron chi connectivity index (χ1n) is 6.46. The molecule has 18 heavy (non-hydrogen) atoms. The minimum Gasteiger partial charge on any atom is -0.471 e. The molecule has 0 aliphatic heterocycles. The summed E-state index contributed by atoms with van der Waals surface area (Å²) in [6, 6.07) is 10.9. The van der Waals surface area contributed by atoms with Crippen molar-refractivity contribution in [1.29, 1.82) is 0 Å². The monoisotopic (exact) mass is 261 g/mol. The average molecular weight is 261 g/mol. The van der Waals surface area contributed by atoms with Gasteiger partial charge >= 0.3 is 0 Å². The second-order valence-electron chi connectivity index (χ2n) is 4.45. The predicted molar refractivity (Wildman–Crippen MR) is 78.7 cm³/mol. The van der Waals surface area contributed by atoms with E-state index in [9.17, 15) is 0 Å². The molecule has 0 saturated heterocycles. The maximum Gasteiger partial charge on any atom is 0.257 e. The lowest BCUT2D eigenvalue weighted by Crippen LogP contribution is -2.35. The first kappa shape index (κ1) is 13.1. The summed E-state index contributed by atoms with van der Waals surface area (Å²) < 4.78 is 5.24. The molecule has 0 saturated carbocycles. The summed E-state index contributed by atoms with van der Waals surface area (Å²) in [6.45, 7) is 2.56. The average Bonchev–Trinajstić information content (AvgIpc) is 2.41. The topological polar surface area (TPSA) is 21.3 Å². The van der Waals surface area contributed by atoms with Crippen LogP contribution in [-0.4, -0.2) is 17.8 Å². The largest absolute Gasteiger partial charge is 0.471 e. The molecule has 0 spiro atoms. The Hall–Kier alpha value is -1.35. The van der Waals surface area contributed by atoms with Gasteiger partial charge in [-0.2, -0.15) is 0 Å². The number of hydrogen-bond donors (Lipinski definition) is 1. The molecule has 1 aromatic rings. The highest BCUT2D eigenvalue weighted by Crippen LogP contribution is 2.27. The van der Waals surface area contributed by atoms with Gasteiger partial charge in [-0.1, -0.05) is 42.5 Å². The van der Waals surface area contributed by atoms with Gasteiger partial charge in [-0.25, -0.2) is 0 Å². The zero-order valence-corrected chi connectivity index (χ0v) is 11.5. The minimum absolute atomic E-state index is 0.309. The molecule has 0 amide bonds. The Bertz CT molecular complexity index is 416. The number of nitrogens with one attached hydrogen (secondary N) is 1. The zero-order chi connectivity index (χ0) is 12.8. The molecular formula is C15H19NOS. The molecule has 0 aromatic heterocycles. The van der Waals surface area contributed by atoms with Crippen LogP contribution in [-0.2, 0) is 4.74 Å². The van der Waals surface area contributed by atoms with Crippen molar-refractivity contribution in [3.05, 3.63) is 48.0 Å². The highest BCUT2D eigenvalue weighted by molar-refractivity contribution is 7.80. The van der Waals surface area contributed by atoms with E-state index in [0.29, 0.717) is 23.7 Å². The quantitative estimate of drug-likeness (QED) is 0.665. The van der Waals surface area contributed by atoms with Gasteiger partial charge in [0.2, 0.25) is 0 Å². The maximum atomic E-state index is 5.24. The smallest absolute Gasteiger partial charge is 0.257 e.